The van der Waals surface area contributed by atoms with Crippen molar-refractivity contribution < 1.29 is 24.8 Å². The van der Waals surface area contributed by atoms with E-state index < -0.39 is 24.4 Å². The lowest BCUT2D eigenvalue weighted by atomic mass is 10.0. The molecular weight excluding hydrogens is 376 g/mol. The molecule has 5 nitrogen and oxygen atoms in total. The number of hydrogen-bond donors (Lipinski definition) is 3. The van der Waals surface area contributed by atoms with Gasteiger partial charge in [0.05, 0.1) is 6.61 Å². The van der Waals surface area contributed by atoms with E-state index in [1.54, 1.807) is 0 Å². The van der Waals surface area contributed by atoms with Gasteiger partial charge in [-0.15, -0.1) is 0 Å². The van der Waals surface area contributed by atoms with Crippen LogP contribution in [0.15, 0.2) is 0 Å². The number of ether oxygens (including phenoxy) is 2. The van der Waals surface area contributed by atoms with Crippen molar-refractivity contribution in [3.8, 4) is 0 Å². The minimum absolute atomic E-state index is 0.00211. The first-order valence-electron chi connectivity index (χ1n) is 11.4. The van der Waals surface area contributed by atoms with E-state index in [0.717, 1.165) is 19.3 Å². The lowest BCUT2D eigenvalue weighted by Crippen LogP contribution is -2.54. The Labute approximate surface area is 176 Å². The molecule has 0 bridgehead atoms. The molecule has 0 aromatic heterocycles. The van der Waals surface area contributed by atoms with E-state index in [4.69, 9.17) is 21.7 Å². The maximum absolute atomic E-state index is 9.86. The summed E-state index contributed by atoms with van der Waals surface area (Å²) in [6, 6.07) is 0. The molecule has 4 atom stereocenters. The predicted octanol–water partition coefficient (Wildman–Crippen LogP) is 4.29. The molecule has 0 aliphatic carbocycles. The van der Waals surface area contributed by atoms with E-state index in [-0.39, 0.29) is 13.2 Å². The van der Waals surface area contributed by atoms with E-state index >= 15 is 0 Å². The van der Waals surface area contributed by atoms with Crippen molar-refractivity contribution in [2.45, 2.75) is 121 Å². The third-order valence-electron chi connectivity index (χ3n) is 5.50. The topological polar surface area (TPSA) is 79.2 Å². The zero-order chi connectivity index (χ0) is 20.6. The molecule has 0 aromatic rings. The minimum atomic E-state index is -1.20. The molecule has 1 saturated heterocycles. The average Bonchev–Trinajstić information content (AvgIpc) is 2.69. The lowest BCUT2D eigenvalue weighted by molar-refractivity contribution is -0.193. The Balaban J connectivity index is 1.88. The normalized spacial score (nSPS) is 25.0. The van der Waals surface area contributed by atoms with Crippen molar-refractivity contribution in [2.75, 3.05) is 13.2 Å². The molecule has 1 aliphatic heterocycles. The highest BCUT2D eigenvalue weighted by molar-refractivity contribution is 7.80. The number of thiocarbonyl (C=S) groups is 1. The maximum Gasteiger partial charge on any atom is 0.159 e. The van der Waals surface area contributed by atoms with Gasteiger partial charge in [-0.05, 0) is 18.6 Å². The Hall–Kier alpha value is -0.270. The highest BCUT2D eigenvalue weighted by Crippen LogP contribution is 2.17. The number of hydrogen-bond acceptors (Lipinski definition) is 6. The summed E-state index contributed by atoms with van der Waals surface area (Å²) in [6.07, 6.45) is 13.8. The van der Waals surface area contributed by atoms with Gasteiger partial charge in [-0.1, -0.05) is 84.0 Å². The molecule has 1 aliphatic rings. The molecule has 1 heterocycles. The summed E-state index contributed by atoms with van der Waals surface area (Å²) in [5.74, 6) is 0. The number of unbranched alkanes of at least 4 members (excludes halogenated alkanes) is 12. The van der Waals surface area contributed by atoms with E-state index in [1.165, 1.54) is 70.6 Å². The second-order valence-corrected chi connectivity index (χ2v) is 8.55. The third kappa shape index (κ3) is 11.7. The molecule has 0 saturated carbocycles. The summed E-state index contributed by atoms with van der Waals surface area (Å²) in [4.78, 5) is 0. The second-order valence-electron chi connectivity index (χ2n) is 8.10. The molecule has 1 rings (SSSR count). The molecule has 3 N–H and O–H groups in total. The van der Waals surface area contributed by atoms with E-state index in [1.807, 2.05) is 0 Å². The van der Waals surface area contributed by atoms with Crippen LogP contribution in [0, 0.1) is 0 Å². The highest BCUT2D eigenvalue weighted by Gasteiger charge is 2.37. The fourth-order valence-corrected chi connectivity index (χ4v) is 3.76. The monoisotopic (exact) mass is 418 g/mol. The van der Waals surface area contributed by atoms with Crippen molar-refractivity contribution in [3.63, 3.8) is 0 Å². The molecule has 0 aromatic carbocycles. The van der Waals surface area contributed by atoms with Crippen LogP contribution >= 0.6 is 12.2 Å². The van der Waals surface area contributed by atoms with Crippen molar-refractivity contribution in [2.24, 2.45) is 0 Å². The van der Waals surface area contributed by atoms with Gasteiger partial charge in [0, 0.05) is 6.42 Å². The van der Waals surface area contributed by atoms with Gasteiger partial charge in [0.2, 0.25) is 0 Å². The molecule has 0 amide bonds. The van der Waals surface area contributed by atoms with Crippen LogP contribution in [0.25, 0.3) is 0 Å². The van der Waals surface area contributed by atoms with Crippen LogP contribution in [-0.2, 0) is 9.47 Å². The smallest absolute Gasteiger partial charge is 0.159 e. The van der Waals surface area contributed by atoms with Gasteiger partial charge in [-0.3, -0.25) is 0 Å². The fraction of sp³-hybridized carbons (Fsp3) is 0.955. The Morgan fingerprint density at radius 2 is 1.32 bits per heavy atom. The van der Waals surface area contributed by atoms with Crippen LogP contribution < -0.4 is 0 Å². The first kappa shape index (κ1) is 25.8. The molecule has 6 heteroatoms. The molecule has 0 radical (unpaired) electrons. The Morgan fingerprint density at radius 1 is 0.821 bits per heavy atom. The Morgan fingerprint density at radius 3 is 1.86 bits per heavy atom. The van der Waals surface area contributed by atoms with E-state index in [9.17, 15) is 15.3 Å². The summed E-state index contributed by atoms with van der Waals surface area (Å²) < 4.78 is 10.8. The van der Waals surface area contributed by atoms with Gasteiger partial charge < -0.3 is 24.8 Å². The predicted molar refractivity (Wildman–Crippen MR) is 117 cm³/mol. The minimum Gasteiger partial charge on any atom is -0.484 e. The zero-order valence-electron chi connectivity index (χ0n) is 17.7. The number of aliphatic hydroxyl groups is 3. The second kappa shape index (κ2) is 16.5. The van der Waals surface area contributed by atoms with Crippen LogP contribution in [-0.4, -0.2) is 58.0 Å². The van der Waals surface area contributed by atoms with Crippen LogP contribution in [0.1, 0.15) is 96.8 Å². The lowest BCUT2D eigenvalue weighted by Gasteiger charge is -2.34. The van der Waals surface area contributed by atoms with Gasteiger partial charge >= 0.3 is 0 Å². The van der Waals surface area contributed by atoms with Crippen LogP contribution in [0.2, 0.25) is 0 Å². The Kier molecular flexibility index (Phi) is 15.2. The van der Waals surface area contributed by atoms with Gasteiger partial charge in [0.1, 0.15) is 31.0 Å². The van der Waals surface area contributed by atoms with Crippen molar-refractivity contribution >= 4 is 17.3 Å². The number of aliphatic hydroxyl groups excluding tert-OH is 3. The summed E-state index contributed by atoms with van der Waals surface area (Å²) in [5, 5.41) is 29.5. The first-order chi connectivity index (χ1) is 13.6. The Bertz CT molecular complexity index is 393. The van der Waals surface area contributed by atoms with Crippen LogP contribution in [0.3, 0.4) is 0 Å². The summed E-state index contributed by atoms with van der Waals surface area (Å²) in [5.41, 5.74) is 0. The standard InChI is InChI=1S/C22H42O5S/c1-2-3-4-5-6-7-8-9-10-11-12-13-14-15-20(28)27-17-19-22(25)21(24)18(23)16-26-19/h18-19,21-25H,2-17H2,1H3/t18-,19+,21+,22+/m0/s1. The molecular formula is C22H42O5S. The van der Waals surface area contributed by atoms with E-state index in [0.29, 0.717) is 5.05 Å². The van der Waals surface area contributed by atoms with Gasteiger partial charge in [-0.25, -0.2) is 0 Å². The first-order valence-corrected chi connectivity index (χ1v) is 11.8. The van der Waals surface area contributed by atoms with Crippen molar-refractivity contribution in [1.29, 1.82) is 0 Å². The van der Waals surface area contributed by atoms with Crippen LogP contribution in [0.4, 0.5) is 0 Å². The van der Waals surface area contributed by atoms with Crippen LogP contribution in [0.5, 0.6) is 0 Å². The molecule has 1 fully saturated rings. The summed E-state index contributed by atoms with van der Waals surface area (Å²) >= 11 is 5.23. The molecule has 0 spiro atoms. The fourth-order valence-electron chi connectivity index (χ4n) is 3.55. The van der Waals surface area contributed by atoms with Crippen molar-refractivity contribution in [3.05, 3.63) is 0 Å². The number of rotatable bonds is 16. The zero-order valence-corrected chi connectivity index (χ0v) is 18.5. The van der Waals surface area contributed by atoms with Gasteiger partial charge in [-0.2, -0.15) is 0 Å². The third-order valence-corrected chi connectivity index (χ3v) is 5.82. The molecule has 28 heavy (non-hydrogen) atoms. The van der Waals surface area contributed by atoms with Crippen molar-refractivity contribution in [1.82, 2.24) is 0 Å². The van der Waals surface area contributed by atoms with E-state index in [2.05, 4.69) is 6.92 Å². The quantitative estimate of drug-likeness (QED) is 0.256. The largest absolute Gasteiger partial charge is 0.484 e. The summed E-state index contributed by atoms with van der Waals surface area (Å²) in [7, 11) is 0. The highest BCUT2D eigenvalue weighted by atomic mass is 32.1. The molecule has 0 unspecified atom stereocenters. The SMILES string of the molecule is CCCCCCCCCCCCCCCC(=S)OC[C@H]1OC[C@H](O)[C@@H](O)[C@@H]1O. The summed E-state index contributed by atoms with van der Waals surface area (Å²) in [6.45, 7) is 2.37. The average molecular weight is 419 g/mol. The van der Waals surface area contributed by atoms with Gasteiger partial charge in [0.25, 0.3) is 0 Å². The maximum atomic E-state index is 9.86. The molecule has 166 valence electrons. The van der Waals surface area contributed by atoms with Gasteiger partial charge in [0.15, 0.2) is 5.05 Å².